The van der Waals surface area contributed by atoms with Gasteiger partial charge in [-0.15, -0.1) is 0 Å². The molecular formula is C23H26Br4Cl2O2. The zero-order valence-electron chi connectivity index (χ0n) is 18.2. The van der Waals surface area contributed by atoms with Crippen LogP contribution in [-0.2, 0) is 5.41 Å². The maximum atomic E-state index is 6.33. The van der Waals surface area contributed by atoms with Crippen LogP contribution in [0.3, 0.4) is 0 Å². The van der Waals surface area contributed by atoms with Gasteiger partial charge in [0.2, 0.25) is 0 Å². The summed E-state index contributed by atoms with van der Waals surface area (Å²) < 4.78 is 15.3. The maximum Gasteiger partial charge on any atom is 0.174 e. The first-order chi connectivity index (χ1) is 14.2. The van der Waals surface area contributed by atoms with Crippen LogP contribution < -0.4 is 9.47 Å². The summed E-state index contributed by atoms with van der Waals surface area (Å²) in [5.41, 5.74) is 1.09. The molecule has 0 aliphatic heterocycles. The average molecular weight is 725 g/mol. The molecule has 0 N–H and O–H groups in total. The molecule has 31 heavy (non-hydrogen) atoms. The molecule has 0 aliphatic carbocycles. The summed E-state index contributed by atoms with van der Waals surface area (Å²) in [6, 6.07) is 8.29. The Labute approximate surface area is 229 Å². The van der Waals surface area contributed by atoms with Crippen LogP contribution in [0.25, 0.3) is 0 Å². The minimum absolute atomic E-state index is 0.190. The van der Waals surface area contributed by atoms with Crippen LogP contribution in [0.4, 0.5) is 0 Å². The van der Waals surface area contributed by atoms with Gasteiger partial charge in [-0.25, -0.2) is 0 Å². The van der Waals surface area contributed by atoms with Crippen molar-refractivity contribution in [1.82, 2.24) is 0 Å². The second-order valence-corrected chi connectivity index (χ2v) is 12.9. The predicted molar refractivity (Wildman–Crippen MR) is 146 cm³/mol. The molecule has 0 heterocycles. The lowest BCUT2D eigenvalue weighted by atomic mass is 9.78. The first-order valence-electron chi connectivity index (χ1n) is 9.86. The molecule has 0 bridgehead atoms. The molecule has 8 heteroatoms. The van der Waals surface area contributed by atoms with Gasteiger partial charge in [0, 0.05) is 17.3 Å². The third-order valence-electron chi connectivity index (χ3n) is 4.95. The summed E-state index contributed by atoms with van der Waals surface area (Å²) in [5, 5.41) is 0. The van der Waals surface area contributed by atoms with Crippen molar-refractivity contribution in [2.75, 3.05) is 0 Å². The highest BCUT2D eigenvalue weighted by Gasteiger charge is 2.28. The molecule has 2 atom stereocenters. The summed E-state index contributed by atoms with van der Waals surface area (Å²) >= 11 is 27.3. The van der Waals surface area contributed by atoms with Crippen molar-refractivity contribution >= 4 is 86.9 Å². The molecule has 0 saturated heterocycles. The van der Waals surface area contributed by atoms with Crippen molar-refractivity contribution in [1.29, 1.82) is 0 Å². The highest BCUT2D eigenvalue weighted by Crippen LogP contribution is 2.45. The van der Waals surface area contributed by atoms with E-state index in [0.29, 0.717) is 11.5 Å². The zero-order chi connectivity index (χ0) is 23.7. The van der Waals surface area contributed by atoms with Crippen molar-refractivity contribution in [2.24, 2.45) is 11.8 Å². The minimum atomic E-state index is -0.414. The second kappa shape index (κ2) is 11.3. The Hall–Kier alpha value is 0.540. The lowest BCUT2D eigenvalue weighted by Gasteiger charge is -2.29. The van der Waals surface area contributed by atoms with Crippen LogP contribution in [0.1, 0.15) is 52.7 Å². The smallest absolute Gasteiger partial charge is 0.174 e. The van der Waals surface area contributed by atoms with E-state index in [0.717, 1.165) is 29.0 Å². The number of rotatable bonds is 8. The van der Waals surface area contributed by atoms with E-state index in [2.05, 4.69) is 102 Å². The van der Waals surface area contributed by atoms with Gasteiger partial charge < -0.3 is 9.47 Å². The SMILES string of the molecule is CC(C)C(Cl)Oc1c(Br)cc(C(C)(C)c2cc(Br)c(OC(Cl)C(C)C)c(Br)c2)cc1Br. The fraction of sp³-hybridized carbons (Fsp3) is 0.478. The third kappa shape index (κ3) is 6.79. The number of hydrogen-bond acceptors (Lipinski definition) is 2. The average Bonchev–Trinajstić information content (AvgIpc) is 2.66. The monoisotopic (exact) mass is 720 g/mol. The molecule has 2 nitrogen and oxygen atoms in total. The molecule has 2 unspecified atom stereocenters. The largest absolute Gasteiger partial charge is 0.472 e. The van der Waals surface area contributed by atoms with E-state index in [1.54, 1.807) is 0 Å². The van der Waals surface area contributed by atoms with E-state index in [4.69, 9.17) is 32.7 Å². The molecule has 2 aromatic rings. The summed E-state index contributed by atoms with van der Waals surface area (Å²) in [6.07, 6.45) is 0. The molecule has 0 radical (unpaired) electrons. The van der Waals surface area contributed by atoms with Crippen LogP contribution in [0, 0.1) is 11.8 Å². The van der Waals surface area contributed by atoms with E-state index in [1.807, 2.05) is 27.7 Å². The minimum Gasteiger partial charge on any atom is -0.472 e. The predicted octanol–water partition coefficient (Wildman–Crippen LogP) is 10.3. The number of benzene rings is 2. The molecule has 0 amide bonds. The van der Waals surface area contributed by atoms with Crippen LogP contribution >= 0.6 is 86.9 Å². The lowest BCUT2D eigenvalue weighted by Crippen LogP contribution is -2.21. The highest BCUT2D eigenvalue weighted by atomic mass is 79.9. The Bertz CT molecular complexity index is 812. The fourth-order valence-electron chi connectivity index (χ4n) is 2.73. The fourth-order valence-corrected chi connectivity index (χ4v) is 5.66. The van der Waals surface area contributed by atoms with Crippen LogP contribution in [-0.4, -0.2) is 11.1 Å². The van der Waals surface area contributed by atoms with Gasteiger partial charge >= 0.3 is 0 Å². The Kier molecular flexibility index (Phi) is 10.1. The quantitative estimate of drug-likeness (QED) is 0.253. The van der Waals surface area contributed by atoms with Gasteiger partial charge in [0.25, 0.3) is 0 Å². The summed E-state index contributed by atoms with van der Waals surface area (Å²) in [7, 11) is 0. The normalized spacial score (nSPS) is 14.1. The molecule has 0 aliphatic rings. The Morgan fingerprint density at radius 1 is 0.645 bits per heavy atom. The van der Waals surface area contributed by atoms with Gasteiger partial charge in [0.15, 0.2) is 11.1 Å². The van der Waals surface area contributed by atoms with Gasteiger partial charge in [-0.1, -0.05) is 64.7 Å². The van der Waals surface area contributed by atoms with Crippen LogP contribution in [0.5, 0.6) is 11.5 Å². The van der Waals surface area contributed by atoms with E-state index in [9.17, 15) is 0 Å². The van der Waals surface area contributed by atoms with Crippen molar-refractivity contribution < 1.29 is 9.47 Å². The van der Waals surface area contributed by atoms with Gasteiger partial charge in [-0.2, -0.15) is 0 Å². The first-order valence-corrected chi connectivity index (χ1v) is 13.9. The number of ether oxygens (including phenoxy) is 2. The second-order valence-electron chi connectivity index (χ2n) is 8.59. The van der Waals surface area contributed by atoms with Crippen LogP contribution in [0.15, 0.2) is 42.2 Å². The highest BCUT2D eigenvalue weighted by molar-refractivity contribution is 9.11. The molecule has 0 saturated carbocycles. The van der Waals surface area contributed by atoms with Gasteiger partial charge in [0.05, 0.1) is 17.9 Å². The Morgan fingerprint density at radius 3 is 1.13 bits per heavy atom. The molecule has 2 rings (SSSR count). The standard InChI is InChI=1S/C23H26Br4Cl2O2/c1-11(2)21(28)30-19-15(24)7-13(8-16(19)25)23(5,6)14-9-17(26)20(18(27)10-14)31-22(29)12(3)4/h7-12,21-22H,1-6H3. The molecule has 172 valence electrons. The molecule has 0 aromatic heterocycles. The zero-order valence-corrected chi connectivity index (χ0v) is 26.1. The lowest BCUT2D eigenvalue weighted by molar-refractivity contribution is 0.226. The van der Waals surface area contributed by atoms with Gasteiger partial charge in [0.1, 0.15) is 11.5 Å². The van der Waals surface area contributed by atoms with Crippen molar-refractivity contribution in [3.05, 3.63) is 53.3 Å². The Balaban J connectivity index is 2.43. The molecule has 0 fully saturated rings. The Morgan fingerprint density at radius 2 is 0.903 bits per heavy atom. The summed E-state index contributed by atoms with van der Waals surface area (Å²) in [4.78, 5) is 0. The van der Waals surface area contributed by atoms with E-state index in [-0.39, 0.29) is 17.3 Å². The number of hydrogen-bond donors (Lipinski definition) is 0. The maximum absolute atomic E-state index is 6.33. The summed E-state index contributed by atoms with van der Waals surface area (Å²) in [5.74, 6) is 1.77. The number of alkyl halides is 2. The van der Waals surface area contributed by atoms with Crippen molar-refractivity contribution in [3.63, 3.8) is 0 Å². The van der Waals surface area contributed by atoms with Crippen molar-refractivity contribution in [3.8, 4) is 11.5 Å². The third-order valence-corrected chi connectivity index (χ3v) is 8.49. The molecular weight excluding hydrogens is 699 g/mol. The van der Waals surface area contributed by atoms with Gasteiger partial charge in [-0.3, -0.25) is 0 Å². The topological polar surface area (TPSA) is 18.5 Å². The number of halogens is 6. The van der Waals surface area contributed by atoms with Crippen LogP contribution in [0.2, 0.25) is 0 Å². The van der Waals surface area contributed by atoms with E-state index < -0.39 is 11.1 Å². The first kappa shape index (κ1) is 27.8. The molecule has 2 aromatic carbocycles. The molecule has 0 spiro atoms. The van der Waals surface area contributed by atoms with E-state index >= 15 is 0 Å². The summed E-state index contributed by atoms with van der Waals surface area (Å²) in [6.45, 7) is 12.4. The van der Waals surface area contributed by atoms with Gasteiger partial charge in [-0.05, 0) is 99.1 Å². The van der Waals surface area contributed by atoms with E-state index in [1.165, 1.54) is 0 Å². The van der Waals surface area contributed by atoms with Crippen molar-refractivity contribution in [2.45, 2.75) is 58.1 Å².